The minimum Gasteiger partial charge on any atom is -0.480 e. The summed E-state index contributed by atoms with van der Waals surface area (Å²) in [6.07, 6.45) is 5.50. The summed E-state index contributed by atoms with van der Waals surface area (Å²) in [5, 5.41) is 15.4. The van der Waals surface area contributed by atoms with Gasteiger partial charge in [-0.05, 0) is 12.8 Å². The van der Waals surface area contributed by atoms with Crippen LogP contribution in [0.5, 0.6) is 0 Å². The molecule has 0 atom stereocenters. The van der Waals surface area contributed by atoms with Crippen LogP contribution in [0.25, 0.3) is 0 Å². The molecule has 1 aromatic heterocycles. The summed E-state index contributed by atoms with van der Waals surface area (Å²) in [6.45, 7) is 1.76. The van der Waals surface area contributed by atoms with Gasteiger partial charge in [-0.15, -0.1) is 0 Å². The molecule has 2 N–H and O–H groups in total. The molecule has 1 aliphatic carbocycles. The van der Waals surface area contributed by atoms with Gasteiger partial charge in [-0.2, -0.15) is 5.10 Å². The number of carboxylic acid groups (broad SMARTS) is 1. The molecule has 1 aromatic rings. The second-order valence-electron chi connectivity index (χ2n) is 5.01. The first kappa shape index (κ1) is 12.6. The fourth-order valence-corrected chi connectivity index (χ4v) is 2.30. The van der Waals surface area contributed by atoms with Gasteiger partial charge < -0.3 is 10.4 Å². The predicted octanol–water partition coefficient (Wildman–Crippen LogP) is 1.49. The average Bonchev–Trinajstić information content (AvgIpc) is 2.88. The molecule has 0 saturated heterocycles. The van der Waals surface area contributed by atoms with Crippen molar-refractivity contribution >= 4 is 17.7 Å². The Kier molecular flexibility index (Phi) is 3.36. The molecule has 0 aliphatic heterocycles. The lowest BCUT2D eigenvalue weighted by atomic mass is 9.88. The molecule has 1 amide bonds. The first-order valence-corrected chi connectivity index (χ1v) is 6.06. The van der Waals surface area contributed by atoms with Crippen LogP contribution in [0, 0.1) is 5.41 Å². The third-order valence-electron chi connectivity index (χ3n) is 3.43. The van der Waals surface area contributed by atoms with Crippen LogP contribution >= 0.6 is 0 Å². The highest BCUT2D eigenvalue weighted by Crippen LogP contribution is 2.38. The van der Waals surface area contributed by atoms with Crippen LogP contribution in [0.2, 0.25) is 0 Å². The van der Waals surface area contributed by atoms with Gasteiger partial charge in [-0.1, -0.05) is 19.8 Å². The highest BCUT2D eigenvalue weighted by atomic mass is 16.4. The zero-order chi connectivity index (χ0) is 13.2. The van der Waals surface area contributed by atoms with Crippen molar-refractivity contribution in [2.24, 2.45) is 5.41 Å². The molecule has 18 heavy (non-hydrogen) atoms. The topological polar surface area (TPSA) is 84.2 Å². The maximum Gasteiger partial charge on any atom is 0.325 e. The van der Waals surface area contributed by atoms with Crippen LogP contribution in [0.4, 0.5) is 5.82 Å². The molecule has 98 valence electrons. The second kappa shape index (κ2) is 4.80. The van der Waals surface area contributed by atoms with Crippen molar-refractivity contribution in [2.75, 3.05) is 5.32 Å². The molecule has 0 aromatic carbocycles. The lowest BCUT2D eigenvalue weighted by Crippen LogP contribution is -2.31. The third-order valence-corrected chi connectivity index (χ3v) is 3.43. The van der Waals surface area contributed by atoms with Crippen LogP contribution in [-0.2, 0) is 16.1 Å². The number of amides is 1. The molecule has 1 heterocycles. The maximum atomic E-state index is 12.1. The summed E-state index contributed by atoms with van der Waals surface area (Å²) >= 11 is 0. The number of rotatable bonds is 4. The molecule has 1 saturated carbocycles. The van der Waals surface area contributed by atoms with E-state index in [2.05, 4.69) is 10.4 Å². The van der Waals surface area contributed by atoms with Crippen LogP contribution in [0.1, 0.15) is 32.6 Å². The Labute approximate surface area is 105 Å². The van der Waals surface area contributed by atoms with Crippen LogP contribution in [-0.4, -0.2) is 26.8 Å². The van der Waals surface area contributed by atoms with Gasteiger partial charge in [0.1, 0.15) is 6.54 Å². The Hall–Kier alpha value is -1.85. The number of aromatic nitrogens is 2. The van der Waals surface area contributed by atoms with Gasteiger partial charge in [-0.3, -0.25) is 14.3 Å². The van der Waals surface area contributed by atoms with Crippen molar-refractivity contribution in [1.82, 2.24) is 9.78 Å². The van der Waals surface area contributed by atoms with Crippen molar-refractivity contribution in [3.05, 3.63) is 12.3 Å². The maximum absolute atomic E-state index is 12.1. The molecule has 2 rings (SSSR count). The lowest BCUT2D eigenvalue weighted by Gasteiger charge is -2.21. The molecule has 1 aliphatic rings. The number of nitrogens with one attached hydrogen (secondary N) is 1. The number of hydrogen-bond acceptors (Lipinski definition) is 3. The van der Waals surface area contributed by atoms with E-state index in [1.54, 1.807) is 12.3 Å². The molecular weight excluding hydrogens is 234 g/mol. The highest BCUT2D eigenvalue weighted by Gasteiger charge is 2.36. The fraction of sp³-hybridized carbons (Fsp3) is 0.583. The van der Waals surface area contributed by atoms with E-state index in [0.29, 0.717) is 5.82 Å². The number of hydrogen-bond donors (Lipinski definition) is 2. The summed E-state index contributed by atoms with van der Waals surface area (Å²) in [7, 11) is 0. The number of anilines is 1. The summed E-state index contributed by atoms with van der Waals surface area (Å²) in [5.41, 5.74) is -0.309. The highest BCUT2D eigenvalue weighted by molar-refractivity contribution is 5.94. The Bertz CT molecular complexity index is 461. The Morgan fingerprint density at radius 3 is 2.78 bits per heavy atom. The van der Waals surface area contributed by atoms with Gasteiger partial charge in [0, 0.05) is 17.7 Å². The van der Waals surface area contributed by atoms with E-state index in [4.69, 9.17) is 5.11 Å². The van der Waals surface area contributed by atoms with E-state index in [1.165, 1.54) is 4.68 Å². The SMILES string of the molecule is CC1(C(=O)Nc2ccn(CC(=O)O)n2)CCCC1. The standard InChI is InChI=1S/C12H17N3O3/c1-12(5-2-3-6-12)11(18)13-9-4-7-15(14-9)8-10(16)17/h4,7H,2-3,5-6,8H2,1H3,(H,16,17)(H,13,14,18). The van der Waals surface area contributed by atoms with Gasteiger partial charge in [-0.25, -0.2) is 0 Å². The third kappa shape index (κ3) is 2.69. The van der Waals surface area contributed by atoms with Crippen LogP contribution in [0.3, 0.4) is 0 Å². The fourth-order valence-electron chi connectivity index (χ4n) is 2.30. The Morgan fingerprint density at radius 2 is 2.17 bits per heavy atom. The van der Waals surface area contributed by atoms with E-state index in [1.807, 2.05) is 6.92 Å². The van der Waals surface area contributed by atoms with E-state index in [-0.39, 0.29) is 17.9 Å². The van der Waals surface area contributed by atoms with Crippen molar-refractivity contribution in [2.45, 2.75) is 39.2 Å². The molecule has 0 unspecified atom stereocenters. The Morgan fingerprint density at radius 1 is 1.50 bits per heavy atom. The van der Waals surface area contributed by atoms with Crippen molar-refractivity contribution in [3.8, 4) is 0 Å². The number of carbonyl (C=O) groups excluding carboxylic acids is 1. The van der Waals surface area contributed by atoms with Crippen LogP contribution in [0.15, 0.2) is 12.3 Å². The number of nitrogens with zero attached hydrogens (tertiary/aromatic N) is 2. The normalized spacial score (nSPS) is 17.6. The van der Waals surface area contributed by atoms with E-state index < -0.39 is 5.97 Å². The van der Waals surface area contributed by atoms with Gasteiger partial charge in [0.15, 0.2) is 5.82 Å². The van der Waals surface area contributed by atoms with E-state index >= 15 is 0 Å². The van der Waals surface area contributed by atoms with Crippen molar-refractivity contribution in [1.29, 1.82) is 0 Å². The van der Waals surface area contributed by atoms with Crippen molar-refractivity contribution in [3.63, 3.8) is 0 Å². The average molecular weight is 251 g/mol. The molecular formula is C12H17N3O3. The number of aliphatic carboxylic acids is 1. The molecule has 0 bridgehead atoms. The summed E-state index contributed by atoms with van der Waals surface area (Å²) in [4.78, 5) is 22.6. The minimum absolute atomic E-state index is 0.0272. The molecule has 6 heteroatoms. The van der Waals surface area contributed by atoms with Gasteiger partial charge in [0.2, 0.25) is 5.91 Å². The quantitative estimate of drug-likeness (QED) is 0.849. The Balaban J connectivity index is 1.99. The number of carbonyl (C=O) groups is 2. The zero-order valence-electron chi connectivity index (χ0n) is 10.3. The van der Waals surface area contributed by atoms with Gasteiger partial charge in [0.05, 0.1) is 0 Å². The first-order valence-electron chi connectivity index (χ1n) is 6.06. The van der Waals surface area contributed by atoms with Gasteiger partial charge >= 0.3 is 5.97 Å². The molecule has 1 fully saturated rings. The molecule has 0 radical (unpaired) electrons. The minimum atomic E-state index is -0.960. The number of carboxylic acids is 1. The first-order chi connectivity index (χ1) is 8.49. The largest absolute Gasteiger partial charge is 0.480 e. The summed E-state index contributed by atoms with van der Waals surface area (Å²) in [6, 6.07) is 1.61. The van der Waals surface area contributed by atoms with E-state index in [9.17, 15) is 9.59 Å². The lowest BCUT2D eigenvalue weighted by molar-refractivity contribution is -0.137. The van der Waals surface area contributed by atoms with E-state index in [0.717, 1.165) is 25.7 Å². The van der Waals surface area contributed by atoms with Crippen molar-refractivity contribution < 1.29 is 14.7 Å². The van der Waals surface area contributed by atoms with Gasteiger partial charge in [0.25, 0.3) is 0 Å². The van der Waals surface area contributed by atoms with Crippen LogP contribution < -0.4 is 5.32 Å². The summed E-state index contributed by atoms with van der Waals surface area (Å²) < 4.78 is 1.29. The molecule has 0 spiro atoms. The monoisotopic (exact) mass is 251 g/mol. The zero-order valence-corrected chi connectivity index (χ0v) is 10.3. The molecule has 6 nitrogen and oxygen atoms in total. The summed E-state index contributed by atoms with van der Waals surface area (Å²) in [5.74, 6) is -0.575. The second-order valence-corrected chi connectivity index (χ2v) is 5.01. The predicted molar refractivity (Wildman–Crippen MR) is 65.1 cm³/mol. The smallest absolute Gasteiger partial charge is 0.325 e.